The molecular weight excluding hydrogens is 324 g/mol. The van der Waals surface area contributed by atoms with Gasteiger partial charge in [0.1, 0.15) is 5.75 Å². The van der Waals surface area contributed by atoms with Crippen LogP contribution in [0.4, 0.5) is 0 Å². The van der Waals surface area contributed by atoms with Crippen LogP contribution in [0, 0.1) is 5.41 Å². The van der Waals surface area contributed by atoms with Crippen LogP contribution in [0.15, 0.2) is 22.7 Å². The zero-order chi connectivity index (χ0) is 14.1. The lowest BCUT2D eigenvalue weighted by molar-refractivity contribution is -0.0513. The predicted molar refractivity (Wildman–Crippen MR) is 85.1 cm³/mol. The summed E-state index contributed by atoms with van der Waals surface area (Å²) in [6, 6.07) is 6.04. The molecule has 106 valence electrons. The smallest absolute Gasteiger partial charge is 0.133 e. The molecule has 1 atom stereocenters. The molecule has 0 saturated carbocycles. The molecular formula is C15H21BrO2S. The summed E-state index contributed by atoms with van der Waals surface area (Å²) < 4.78 is 6.18. The van der Waals surface area contributed by atoms with Crippen molar-refractivity contribution in [3.63, 3.8) is 0 Å². The van der Waals surface area contributed by atoms with Gasteiger partial charge in [-0.2, -0.15) is 11.8 Å². The summed E-state index contributed by atoms with van der Waals surface area (Å²) in [5, 5.41) is 11.0. The Labute approximate surface area is 128 Å². The lowest BCUT2D eigenvalue weighted by Gasteiger charge is -2.46. The number of methoxy groups -OCH3 is 1. The maximum Gasteiger partial charge on any atom is 0.133 e. The van der Waals surface area contributed by atoms with Crippen LogP contribution in [-0.2, 0) is 6.42 Å². The highest BCUT2D eigenvalue weighted by Gasteiger charge is 2.45. The lowest BCUT2D eigenvalue weighted by Crippen LogP contribution is -2.51. The van der Waals surface area contributed by atoms with E-state index in [-0.39, 0.29) is 5.41 Å². The minimum Gasteiger partial charge on any atom is -0.496 e. The second-order valence-electron chi connectivity index (χ2n) is 5.86. The lowest BCUT2D eigenvalue weighted by atomic mass is 9.70. The van der Waals surface area contributed by atoms with Crippen molar-refractivity contribution in [2.45, 2.75) is 32.3 Å². The summed E-state index contributed by atoms with van der Waals surface area (Å²) in [4.78, 5) is 0. The van der Waals surface area contributed by atoms with Crippen LogP contribution in [-0.4, -0.2) is 29.3 Å². The minimum absolute atomic E-state index is 0.0370. The minimum atomic E-state index is -0.635. The van der Waals surface area contributed by atoms with Crippen molar-refractivity contribution in [2.75, 3.05) is 18.6 Å². The molecule has 2 rings (SSSR count). The highest BCUT2D eigenvalue weighted by molar-refractivity contribution is 9.10. The average molecular weight is 345 g/mol. The molecule has 2 nitrogen and oxygen atoms in total. The fourth-order valence-corrected chi connectivity index (χ4v) is 4.66. The van der Waals surface area contributed by atoms with Crippen LogP contribution in [0.25, 0.3) is 0 Å². The van der Waals surface area contributed by atoms with Gasteiger partial charge < -0.3 is 9.84 Å². The van der Waals surface area contributed by atoms with Gasteiger partial charge in [0.05, 0.1) is 17.2 Å². The molecule has 1 heterocycles. The summed E-state index contributed by atoms with van der Waals surface area (Å²) in [5.74, 6) is 2.78. The van der Waals surface area contributed by atoms with E-state index in [2.05, 4.69) is 29.8 Å². The van der Waals surface area contributed by atoms with Gasteiger partial charge >= 0.3 is 0 Å². The topological polar surface area (TPSA) is 29.5 Å². The van der Waals surface area contributed by atoms with Crippen molar-refractivity contribution in [2.24, 2.45) is 5.41 Å². The summed E-state index contributed by atoms with van der Waals surface area (Å²) in [5.41, 5.74) is 0.472. The Hall–Kier alpha value is -0.190. The summed E-state index contributed by atoms with van der Waals surface area (Å²) in [7, 11) is 1.66. The second-order valence-corrected chi connectivity index (χ2v) is 7.82. The molecule has 1 aliphatic rings. The molecule has 0 aromatic heterocycles. The van der Waals surface area contributed by atoms with Crippen LogP contribution in [0.3, 0.4) is 0 Å². The van der Waals surface area contributed by atoms with Crippen molar-refractivity contribution < 1.29 is 9.84 Å². The van der Waals surface area contributed by atoms with E-state index in [1.807, 2.05) is 30.0 Å². The second kappa shape index (κ2) is 5.66. The van der Waals surface area contributed by atoms with Crippen molar-refractivity contribution in [1.82, 2.24) is 0 Å². The first kappa shape index (κ1) is 15.2. The molecule has 1 aromatic rings. The summed E-state index contributed by atoms with van der Waals surface area (Å²) in [6.45, 7) is 4.34. The Morgan fingerprint density at radius 3 is 2.74 bits per heavy atom. The Kier molecular flexibility index (Phi) is 4.53. The number of halogens is 1. The molecule has 0 radical (unpaired) electrons. The number of ether oxygens (including phenoxy) is 1. The third-order valence-electron chi connectivity index (χ3n) is 4.18. The maximum atomic E-state index is 11.0. The Morgan fingerprint density at radius 2 is 2.16 bits per heavy atom. The number of hydrogen-bond donors (Lipinski definition) is 1. The molecule has 1 saturated heterocycles. The van der Waals surface area contributed by atoms with E-state index in [1.165, 1.54) is 0 Å². The number of rotatable bonds is 3. The highest BCUT2D eigenvalue weighted by Crippen LogP contribution is 2.44. The van der Waals surface area contributed by atoms with Crippen LogP contribution in [0.1, 0.15) is 25.8 Å². The standard InChI is InChI=1S/C15H21BrO2S/c1-14(2)6-7-19-10-15(14,17)9-11-4-5-13(18-3)12(16)8-11/h4-5,8,17H,6-7,9-10H2,1-3H3. The predicted octanol–water partition coefficient (Wildman–Crippen LogP) is 3.89. The molecule has 0 aliphatic carbocycles. The molecule has 19 heavy (non-hydrogen) atoms. The van der Waals surface area contributed by atoms with E-state index in [4.69, 9.17) is 4.74 Å². The van der Waals surface area contributed by atoms with Crippen molar-refractivity contribution in [3.05, 3.63) is 28.2 Å². The number of aliphatic hydroxyl groups is 1. The zero-order valence-electron chi connectivity index (χ0n) is 11.7. The van der Waals surface area contributed by atoms with Crippen LogP contribution in [0.2, 0.25) is 0 Å². The monoisotopic (exact) mass is 344 g/mol. The molecule has 0 spiro atoms. The van der Waals surface area contributed by atoms with Gasteiger partial charge in [-0.15, -0.1) is 0 Å². The quantitative estimate of drug-likeness (QED) is 0.901. The molecule has 1 aliphatic heterocycles. The summed E-state index contributed by atoms with van der Waals surface area (Å²) in [6.07, 6.45) is 1.75. The van der Waals surface area contributed by atoms with Gasteiger partial charge in [-0.25, -0.2) is 0 Å². The number of hydrogen-bond acceptors (Lipinski definition) is 3. The van der Waals surface area contributed by atoms with Gasteiger partial charge in [-0.1, -0.05) is 19.9 Å². The van der Waals surface area contributed by atoms with E-state index in [9.17, 15) is 5.11 Å². The first-order valence-electron chi connectivity index (χ1n) is 6.50. The molecule has 1 N–H and O–H groups in total. The van der Waals surface area contributed by atoms with Crippen molar-refractivity contribution in [3.8, 4) is 5.75 Å². The zero-order valence-corrected chi connectivity index (χ0v) is 14.1. The molecule has 4 heteroatoms. The molecule has 0 amide bonds. The first-order valence-corrected chi connectivity index (χ1v) is 8.45. The third kappa shape index (κ3) is 3.11. The van der Waals surface area contributed by atoms with Gasteiger partial charge in [-0.05, 0) is 51.2 Å². The Bertz CT molecular complexity index is 461. The molecule has 0 bridgehead atoms. The first-order chi connectivity index (χ1) is 8.88. The largest absolute Gasteiger partial charge is 0.496 e. The van der Waals surface area contributed by atoms with Gasteiger partial charge in [-0.3, -0.25) is 0 Å². The number of benzene rings is 1. The van der Waals surface area contributed by atoms with Crippen LogP contribution < -0.4 is 4.74 Å². The fraction of sp³-hybridized carbons (Fsp3) is 0.600. The Morgan fingerprint density at radius 1 is 1.42 bits per heavy atom. The summed E-state index contributed by atoms with van der Waals surface area (Å²) >= 11 is 5.36. The number of thioether (sulfide) groups is 1. The van der Waals surface area contributed by atoms with E-state index in [0.717, 1.165) is 33.7 Å². The molecule has 1 fully saturated rings. The van der Waals surface area contributed by atoms with Crippen LogP contribution >= 0.6 is 27.7 Å². The maximum absolute atomic E-state index is 11.0. The highest BCUT2D eigenvalue weighted by atomic mass is 79.9. The van der Waals surface area contributed by atoms with Crippen molar-refractivity contribution in [1.29, 1.82) is 0 Å². The average Bonchev–Trinajstić information content (AvgIpc) is 2.33. The van der Waals surface area contributed by atoms with Crippen LogP contribution in [0.5, 0.6) is 5.75 Å². The van der Waals surface area contributed by atoms with Gasteiger partial charge in [0.25, 0.3) is 0 Å². The van der Waals surface area contributed by atoms with Gasteiger partial charge in [0.2, 0.25) is 0 Å². The third-order valence-corrected chi connectivity index (χ3v) is 5.98. The van der Waals surface area contributed by atoms with Gasteiger partial charge in [0, 0.05) is 12.2 Å². The van der Waals surface area contributed by atoms with E-state index in [0.29, 0.717) is 6.42 Å². The van der Waals surface area contributed by atoms with Crippen molar-refractivity contribution >= 4 is 27.7 Å². The molecule has 1 unspecified atom stereocenters. The van der Waals surface area contributed by atoms with Gasteiger partial charge in [0.15, 0.2) is 0 Å². The Balaban J connectivity index is 2.22. The normalized spacial score (nSPS) is 26.2. The van der Waals surface area contributed by atoms with E-state index in [1.54, 1.807) is 7.11 Å². The van der Waals surface area contributed by atoms with E-state index >= 15 is 0 Å². The SMILES string of the molecule is COc1ccc(CC2(O)CSCCC2(C)C)cc1Br. The fourth-order valence-electron chi connectivity index (χ4n) is 2.44. The molecule has 1 aromatic carbocycles. The van der Waals surface area contributed by atoms with E-state index < -0.39 is 5.60 Å².